The quantitative estimate of drug-likeness (QED) is 0.568. The fourth-order valence-corrected chi connectivity index (χ4v) is 2.06. The Balaban J connectivity index is 2.33. The molecule has 0 radical (unpaired) electrons. The Morgan fingerprint density at radius 2 is 1.95 bits per heavy atom. The molecule has 1 aromatic rings. The number of benzene rings is 1. The number of halogens is 5. The van der Waals surface area contributed by atoms with Crippen molar-refractivity contribution in [2.24, 2.45) is 0 Å². The Bertz CT molecular complexity index is 406. The van der Waals surface area contributed by atoms with E-state index in [1.165, 1.54) is 6.07 Å². The predicted octanol–water partition coefficient (Wildman–Crippen LogP) is 4.97. The lowest BCUT2D eigenvalue weighted by Crippen LogP contribution is -2.21. The standard InChI is InChI=1S/C13H16BrF4N/c1-9(11-5-4-10(14)8-12(11)15)19-7-3-2-6-13(16,17)18/h4-5,8-9,19H,2-3,6-7H2,1H3. The fraction of sp³-hybridized carbons (Fsp3) is 0.538. The highest BCUT2D eigenvalue weighted by Gasteiger charge is 2.25. The lowest BCUT2D eigenvalue weighted by Gasteiger charge is -2.15. The highest BCUT2D eigenvalue weighted by Crippen LogP contribution is 2.23. The Morgan fingerprint density at radius 3 is 2.53 bits per heavy atom. The Kier molecular flexibility index (Phi) is 6.26. The van der Waals surface area contributed by atoms with Crippen molar-refractivity contribution in [3.8, 4) is 0 Å². The molecule has 0 aliphatic carbocycles. The normalized spacial score (nSPS) is 13.6. The summed E-state index contributed by atoms with van der Waals surface area (Å²) in [6.45, 7) is 2.23. The van der Waals surface area contributed by atoms with Crippen LogP contribution in [0.3, 0.4) is 0 Å². The third kappa shape index (κ3) is 6.38. The van der Waals surface area contributed by atoms with Crippen molar-refractivity contribution in [3.05, 3.63) is 34.1 Å². The third-order valence-corrected chi connectivity index (χ3v) is 3.26. The van der Waals surface area contributed by atoms with Crippen LogP contribution in [0.4, 0.5) is 17.6 Å². The van der Waals surface area contributed by atoms with Gasteiger partial charge in [-0.2, -0.15) is 13.2 Å². The first kappa shape index (κ1) is 16.4. The molecule has 1 atom stereocenters. The first-order chi connectivity index (χ1) is 8.79. The Morgan fingerprint density at radius 1 is 1.26 bits per heavy atom. The highest BCUT2D eigenvalue weighted by molar-refractivity contribution is 9.10. The molecule has 1 N–H and O–H groups in total. The summed E-state index contributed by atoms with van der Waals surface area (Å²) in [5.74, 6) is -0.329. The second-order valence-corrected chi connectivity index (χ2v) is 5.33. The summed E-state index contributed by atoms with van der Waals surface area (Å²) >= 11 is 3.17. The van der Waals surface area contributed by atoms with E-state index in [2.05, 4.69) is 21.2 Å². The monoisotopic (exact) mass is 341 g/mol. The molecule has 0 saturated carbocycles. The van der Waals surface area contributed by atoms with Gasteiger partial charge >= 0.3 is 6.18 Å². The van der Waals surface area contributed by atoms with E-state index in [9.17, 15) is 17.6 Å². The van der Waals surface area contributed by atoms with Crippen molar-refractivity contribution in [2.45, 2.75) is 38.4 Å². The molecule has 0 spiro atoms. The van der Waals surface area contributed by atoms with Crippen LogP contribution in [-0.4, -0.2) is 12.7 Å². The number of rotatable bonds is 6. The van der Waals surface area contributed by atoms with Gasteiger partial charge in [0, 0.05) is 22.5 Å². The summed E-state index contributed by atoms with van der Waals surface area (Å²) in [7, 11) is 0. The zero-order valence-corrected chi connectivity index (χ0v) is 12.1. The van der Waals surface area contributed by atoms with E-state index in [0.29, 0.717) is 23.0 Å². The molecule has 1 unspecified atom stereocenters. The van der Waals surface area contributed by atoms with E-state index in [1.807, 2.05) is 0 Å². The van der Waals surface area contributed by atoms with Crippen molar-refractivity contribution in [1.82, 2.24) is 5.32 Å². The molecule has 6 heteroatoms. The molecule has 1 aromatic carbocycles. The average molecular weight is 342 g/mol. The fourth-order valence-electron chi connectivity index (χ4n) is 1.73. The number of hydrogen-bond donors (Lipinski definition) is 1. The van der Waals surface area contributed by atoms with Gasteiger partial charge < -0.3 is 5.32 Å². The number of hydrogen-bond acceptors (Lipinski definition) is 1. The molecule has 108 valence electrons. The molecular weight excluding hydrogens is 326 g/mol. The van der Waals surface area contributed by atoms with Crippen molar-refractivity contribution < 1.29 is 17.6 Å². The van der Waals surface area contributed by atoms with Crippen LogP contribution < -0.4 is 5.32 Å². The number of unbranched alkanes of at least 4 members (excludes halogenated alkanes) is 1. The maximum absolute atomic E-state index is 13.6. The van der Waals surface area contributed by atoms with Crippen LogP contribution in [-0.2, 0) is 0 Å². The van der Waals surface area contributed by atoms with E-state index in [-0.39, 0.29) is 18.3 Å². The van der Waals surface area contributed by atoms with E-state index < -0.39 is 12.6 Å². The first-order valence-corrected chi connectivity index (χ1v) is 6.84. The molecule has 0 heterocycles. The van der Waals surface area contributed by atoms with Crippen LogP contribution in [0.15, 0.2) is 22.7 Å². The van der Waals surface area contributed by atoms with Gasteiger partial charge in [0.1, 0.15) is 5.82 Å². The molecule has 0 fully saturated rings. The third-order valence-electron chi connectivity index (χ3n) is 2.77. The van der Waals surface area contributed by atoms with Crippen LogP contribution in [0, 0.1) is 5.82 Å². The lowest BCUT2D eigenvalue weighted by molar-refractivity contribution is -0.135. The summed E-state index contributed by atoms with van der Waals surface area (Å²) < 4.78 is 50.0. The van der Waals surface area contributed by atoms with Gasteiger partial charge in [-0.25, -0.2) is 4.39 Å². The summed E-state index contributed by atoms with van der Waals surface area (Å²) in [4.78, 5) is 0. The maximum atomic E-state index is 13.6. The van der Waals surface area contributed by atoms with Crippen LogP contribution >= 0.6 is 15.9 Å². The van der Waals surface area contributed by atoms with Crippen molar-refractivity contribution in [2.75, 3.05) is 6.54 Å². The van der Waals surface area contributed by atoms with Crippen molar-refractivity contribution in [1.29, 1.82) is 0 Å². The van der Waals surface area contributed by atoms with Crippen molar-refractivity contribution in [3.63, 3.8) is 0 Å². The minimum atomic E-state index is -4.09. The largest absolute Gasteiger partial charge is 0.389 e. The molecule has 0 bridgehead atoms. The number of nitrogens with one attached hydrogen (secondary N) is 1. The summed E-state index contributed by atoms with van der Waals surface area (Å²) in [6.07, 6.45) is -4.35. The predicted molar refractivity (Wildman–Crippen MR) is 70.4 cm³/mol. The molecular formula is C13H16BrF4N. The van der Waals surface area contributed by atoms with E-state index in [1.54, 1.807) is 19.1 Å². The smallest absolute Gasteiger partial charge is 0.310 e. The van der Waals surface area contributed by atoms with Crippen LogP contribution in [0.5, 0.6) is 0 Å². The van der Waals surface area contributed by atoms with Crippen LogP contribution in [0.2, 0.25) is 0 Å². The summed E-state index contributed by atoms with van der Waals surface area (Å²) in [5, 5.41) is 3.02. The van der Waals surface area contributed by atoms with E-state index in [0.717, 1.165) is 0 Å². The second kappa shape index (κ2) is 7.24. The molecule has 1 nitrogen and oxygen atoms in total. The topological polar surface area (TPSA) is 12.0 Å². The Labute approximate surface area is 118 Å². The van der Waals surface area contributed by atoms with Crippen LogP contribution in [0.1, 0.15) is 37.8 Å². The zero-order chi connectivity index (χ0) is 14.5. The van der Waals surface area contributed by atoms with Crippen molar-refractivity contribution >= 4 is 15.9 Å². The van der Waals surface area contributed by atoms with Gasteiger partial charge in [-0.15, -0.1) is 0 Å². The van der Waals surface area contributed by atoms with Crippen LogP contribution in [0.25, 0.3) is 0 Å². The molecule has 0 aliphatic rings. The SMILES string of the molecule is CC(NCCCCC(F)(F)F)c1ccc(Br)cc1F. The summed E-state index contributed by atoms with van der Waals surface area (Å²) in [5.41, 5.74) is 0.513. The van der Waals surface area contributed by atoms with E-state index in [4.69, 9.17) is 0 Å². The van der Waals surface area contributed by atoms with Gasteiger partial charge in [0.2, 0.25) is 0 Å². The highest BCUT2D eigenvalue weighted by atomic mass is 79.9. The lowest BCUT2D eigenvalue weighted by atomic mass is 10.1. The molecule has 0 saturated heterocycles. The average Bonchev–Trinajstić information content (AvgIpc) is 2.26. The van der Waals surface area contributed by atoms with Gasteiger partial charge in [-0.05, 0) is 38.4 Å². The minimum absolute atomic E-state index is 0.0893. The minimum Gasteiger partial charge on any atom is -0.310 e. The van der Waals surface area contributed by atoms with Gasteiger partial charge in [-0.1, -0.05) is 22.0 Å². The molecule has 1 rings (SSSR count). The van der Waals surface area contributed by atoms with Gasteiger partial charge in [0.15, 0.2) is 0 Å². The van der Waals surface area contributed by atoms with Gasteiger partial charge in [-0.3, -0.25) is 0 Å². The Hall–Kier alpha value is -0.620. The molecule has 0 aliphatic heterocycles. The zero-order valence-electron chi connectivity index (χ0n) is 10.5. The molecule has 0 amide bonds. The number of alkyl halides is 3. The maximum Gasteiger partial charge on any atom is 0.389 e. The van der Waals surface area contributed by atoms with Gasteiger partial charge in [0.25, 0.3) is 0 Å². The summed E-state index contributed by atoms with van der Waals surface area (Å²) in [6, 6.07) is 4.54. The molecule has 0 aromatic heterocycles. The first-order valence-electron chi connectivity index (χ1n) is 6.04. The van der Waals surface area contributed by atoms with Gasteiger partial charge in [0.05, 0.1) is 0 Å². The molecule has 19 heavy (non-hydrogen) atoms. The van der Waals surface area contributed by atoms with E-state index >= 15 is 0 Å². The second-order valence-electron chi connectivity index (χ2n) is 4.41.